The highest BCUT2D eigenvalue weighted by Gasteiger charge is 2.32. The summed E-state index contributed by atoms with van der Waals surface area (Å²) in [7, 11) is 1.66. The molecular formula is C22H25N3O3. The summed E-state index contributed by atoms with van der Waals surface area (Å²) < 4.78 is 5.32. The van der Waals surface area contributed by atoms with E-state index in [0.29, 0.717) is 13.1 Å². The Morgan fingerprint density at radius 2 is 1.93 bits per heavy atom. The monoisotopic (exact) mass is 379 g/mol. The number of anilines is 1. The van der Waals surface area contributed by atoms with Gasteiger partial charge in [-0.1, -0.05) is 17.7 Å². The van der Waals surface area contributed by atoms with E-state index in [-0.39, 0.29) is 0 Å². The van der Waals surface area contributed by atoms with Crippen molar-refractivity contribution in [2.75, 3.05) is 38.2 Å². The van der Waals surface area contributed by atoms with E-state index >= 15 is 0 Å². The lowest BCUT2D eigenvalue weighted by Crippen LogP contribution is -2.49. The number of fused-ring (bicyclic) bond motifs is 1. The Balaban J connectivity index is 1.55. The number of carbonyl (C=O) groups is 1. The van der Waals surface area contributed by atoms with Crippen molar-refractivity contribution in [3.63, 3.8) is 0 Å². The summed E-state index contributed by atoms with van der Waals surface area (Å²) >= 11 is 0. The highest BCUT2D eigenvalue weighted by atomic mass is 16.5. The molecule has 0 bridgehead atoms. The zero-order chi connectivity index (χ0) is 19.7. The summed E-state index contributed by atoms with van der Waals surface area (Å²) in [6.45, 7) is 4.95. The molecule has 6 heteroatoms. The van der Waals surface area contributed by atoms with E-state index in [2.05, 4.69) is 26.9 Å². The maximum Gasteiger partial charge on any atom is 0.325 e. The largest absolute Gasteiger partial charge is 0.497 e. The number of H-pyrrole nitrogens is 1. The van der Waals surface area contributed by atoms with E-state index in [0.717, 1.165) is 46.6 Å². The van der Waals surface area contributed by atoms with Gasteiger partial charge in [-0.3, -0.25) is 9.69 Å². The zero-order valence-electron chi connectivity index (χ0n) is 16.2. The second-order valence-corrected chi connectivity index (χ2v) is 7.26. The van der Waals surface area contributed by atoms with E-state index < -0.39 is 12.0 Å². The van der Waals surface area contributed by atoms with E-state index in [1.807, 2.05) is 43.5 Å². The third-order valence-electron chi connectivity index (χ3n) is 5.50. The Kier molecular flexibility index (Phi) is 4.96. The molecule has 6 nitrogen and oxygen atoms in total. The molecule has 1 atom stereocenters. The highest BCUT2D eigenvalue weighted by Crippen LogP contribution is 2.31. The molecule has 0 unspecified atom stereocenters. The van der Waals surface area contributed by atoms with E-state index in [1.165, 1.54) is 0 Å². The number of nitrogens with one attached hydrogen (secondary N) is 1. The lowest BCUT2D eigenvalue weighted by atomic mass is 10.0. The van der Waals surface area contributed by atoms with Gasteiger partial charge in [0, 0.05) is 60.6 Å². The minimum Gasteiger partial charge on any atom is -0.497 e. The molecule has 1 aromatic heterocycles. The molecule has 1 aliphatic heterocycles. The number of carboxylic acid groups (broad SMARTS) is 1. The SMILES string of the molecule is COc1cccc(N2CCN([C@@H](C(=O)O)c3c[nH]c4ccc(C)cc34)CC2)c1. The van der Waals surface area contributed by atoms with E-state index in [4.69, 9.17) is 4.74 Å². The van der Waals surface area contributed by atoms with Crippen LogP contribution in [0.25, 0.3) is 10.9 Å². The molecule has 0 aliphatic carbocycles. The number of methoxy groups -OCH3 is 1. The second-order valence-electron chi connectivity index (χ2n) is 7.26. The molecule has 1 fully saturated rings. The Labute approximate surface area is 164 Å². The topological polar surface area (TPSA) is 68.8 Å². The average molecular weight is 379 g/mol. The smallest absolute Gasteiger partial charge is 0.325 e. The summed E-state index contributed by atoms with van der Waals surface area (Å²) in [5, 5.41) is 11.0. The molecule has 0 spiro atoms. The minimum absolute atomic E-state index is 0.650. The van der Waals surface area contributed by atoms with Gasteiger partial charge in [0.05, 0.1) is 7.11 Å². The molecule has 3 aromatic rings. The first kappa shape index (κ1) is 18.4. The van der Waals surface area contributed by atoms with Gasteiger partial charge in [-0.25, -0.2) is 0 Å². The van der Waals surface area contributed by atoms with Gasteiger partial charge in [-0.15, -0.1) is 0 Å². The maximum absolute atomic E-state index is 12.2. The summed E-state index contributed by atoms with van der Waals surface area (Å²) in [5.41, 5.74) is 4.04. The van der Waals surface area contributed by atoms with Crippen LogP contribution in [0.1, 0.15) is 17.2 Å². The number of ether oxygens (including phenoxy) is 1. The number of piperazine rings is 1. The fraction of sp³-hybridized carbons (Fsp3) is 0.318. The van der Waals surface area contributed by atoms with Crippen molar-refractivity contribution < 1.29 is 14.6 Å². The van der Waals surface area contributed by atoms with E-state index in [1.54, 1.807) is 7.11 Å². The quantitative estimate of drug-likeness (QED) is 0.711. The van der Waals surface area contributed by atoms with Crippen LogP contribution >= 0.6 is 0 Å². The molecule has 2 N–H and O–H groups in total. The summed E-state index contributed by atoms with van der Waals surface area (Å²) in [5.74, 6) is 0.0229. The number of aromatic amines is 1. The Morgan fingerprint density at radius 1 is 1.14 bits per heavy atom. The van der Waals surface area contributed by atoms with Gasteiger partial charge in [-0.2, -0.15) is 0 Å². The van der Waals surface area contributed by atoms with Crippen LogP contribution < -0.4 is 9.64 Å². The number of hydrogen-bond donors (Lipinski definition) is 2. The Hall–Kier alpha value is -2.99. The third kappa shape index (κ3) is 3.43. The van der Waals surface area contributed by atoms with Crippen molar-refractivity contribution in [3.05, 3.63) is 59.8 Å². The fourth-order valence-corrected chi connectivity index (χ4v) is 4.01. The van der Waals surface area contributed by atoms with Gasteiger partial charge in [-0.05, 0) is 31.2 Å². The van der Waals surface area contributed by atoms with Crippen LogP contribution in [0.5, 0.6) is 5.75 Å². The molecule has 146 valence electrons. The highest BCUT2D eigenvalue weighted by molar-refractivity contribution is 5.89. The zero-order valence-corrected chi connectivity index (χ0v) is 16.2. The average Bonchev–Trinajstić information content (AvgIpc) is 3.11. The van der Waals surface area contributed by atoms with Crippen LogP contribution in [0, 0.1) is 6.92 Å². The van der Waals surface area contributed by atoms with Gasteiger partial charge in [0.2, 0.25) is 0 Å². The predicted molar refractivity (Wildman–Crippen MR) is 110 cm³/mol. The van der Waals surface area contributed by atoms with Crippen molar-refractivity contribution in [1.82, 2.24) is 9.88 Å². The van der Waals surface area contributed by atoms with Crippen LogP contribution in [-0.4, -0.2) is 54.2 Å². The van der Waals surface area contributed by atoms with E-state index in [9.17, 15) is 9.90 Å². The van der Waals surface area contributed by atoms with Crippen molar-refractivity contribution in [1.29, 1.82) is 0 Å². The molecule has 0 saturated carbocycles. The number of carboxylic acids is 1. The molecule has 2 aromatic carbocycles. The number of benzene rings is 2. The lowest BCUT2D eigenvalue weighted by molar-refractivity contribution is -0.143. The molecule has 1 aliphatic rings. The van der Waals surface area contributed by atoms with Gasteiger partial charge in [0.25, 0.3) is 0 Å². The number of aromatic nitrogens is 1. The van der Waals surface area contributed by atoms with Gasteiger partial charge in [0.15, 0.2) is 0 Å². The van der Waals surface area contributed by atoms with Crippen molar-refractivity contribution in [3.8, 4) is 5.75 Å². The predicted octanol–water partition coefficient (Wildman–Crippen LogP) is 3.43. The molecule has 1 saturated heterocycles. The molecular weight excluding hydrogens is 354 g/mol. The summed E-state index contributed by atoms with van der Waals surface area (Å²) in [4.78, 5) is 19.7. The van der Waals surface area contributed by atoms with Crippen LogP contribution in [0.15, 0.2) is 48.7 Å². The molecule has 0 amide bonds. The van der Waals surface area contributed by atoms with Gasteiger partial charge >= 0.3 is 5.97 Å². The summed E-state index contributed by atoms with van der Waals surface area (Å²) in [6, 6.07) is 13.4. The second kappa shape index (κ2) is 7.56. The number of hydrogen-bond acceptors (Lipinski definition) is 4. The summed E-state index contributed by atoms with van der Waals surface area (Å²) in [6.07, 6.45) is 1.84. The van der Waals surface area contributed by atoms with Gasteiger partial charge in [0.1, 0.15) is 11.8 Å². The molecule has 2 heterocycles. The standard InChI is InChI=1S/C22H25N3O3/c1-15-6-7-20-18(12-15)19(14-23-20)21(22(26)27)25-10-8-24(9-11-25)16-4-3-5-17(13-16)28-2/h3-7,12-14,21,23H,8-11H2,1-2H3,(H,26,27)/t21-/m1/s1. The minimum atomic E-state index is -0.808. The van der Waals surface area contributed by atoms with Gasteiger partial charge < -0.3 is 19.7 Å². The van der Waals surface area contributed by atoms with Crippen molar-refractivity contribution in [2.24, 2.45) is 0 Å². The number of rotatable bonds is 5. The van der Waals surface area contributed by atoms with Crippen LogP contribution in [0.4, 0.5) is 5.69 Å². The van der Waals surface area contributed by atoms with Crippen LogP contribution in [0.3, 0.4) is 0 Å². The fourth-order valence-electron chi connectivity index (χ4n) is 4.01. The Bertz CT molecular complexity index is 990. The molecule has 4 rings (SSSR count). The number of nitrogens with zero attached hydrogens (tertiary/aromatic N) is 2. The van der Waals surface area contributed by atoms with Crippen LogP contribution in [-0.2, 0) is 4.79 Å². The number of aliphatic carboxylic acids is 1. The maximum atomic E-state index is 12.2. The third-order valence-corrected chi connectivity index (χ3v) is 5.50. The number of aryl methyl sites for hydroxylation is 1. The van der Waals surface area contributed by atoms with Crippen molar-refractivity contribution in [2.45, 2.75) is 13.0 Å². The molecule has 0 radical (unpaired) electrons. The van der Waals surface area contributed by atoms with Crippen LogP contribution in [0.2, 0.25) is 0 Å². The first-order valence-electron chi connectivity index (χ1n) is 9.50. The first-order chi connectivity index (χ1) is 13.6. The first-order valence-corrected chi connectivity index (χ1v) is 9.50. The normalized spacial score (nSPS) is 16.3. The molecule has 28 heavy (non-hydrogen) atoms. The Morgan fingerprint density at radius 3 is 2.64 bits per heavy atom. The lowest BCUT2D eigenvalue weighted by Gasteiger charge is -2.38. The van der Waals surface area contributed by atoms with Crippen molar-refractivity contribution >= 4 is 22.6 Å².